The third-order valence-electron chi connectivity index (χ3n) is 3.72. The average Bonchev–Trinajstić information content (AvgIpc) is 2.64. The second-order valence-electron chi connectivity index (χ2n) is 5.48. The maximum Gasteiger partial charge on any atom is 0.242 e. The van der Waals surface area contributed by atoms with Crippen molar-refractivity contribution in [2.24, 2.45) is 0 Å². The number of hydrazine groups is 1. The molecule has 0 bridgehead atoms. The van der Waals surface area contributed by atoms with Crippen molar-refractivity contribution in [3.63, 3.8) is 0 Å². The van der Waals surface area contributed by atoms with Crippen LogP contribution in [0.15, 0.2) is 42.5 Å². The predicted octanol–water partition coefficient (Wildman–Crippen LogP) is 4.22. The van der Waals surface area contributed by atoms with E-state index in [-0.39, 0.29) is 6.42 Å². The molecular formula is C18H11F5N2O. The van der Waals surface area contributed by atoms with Crippen LogP contribution in [-0.2, 0) is 11.2 Å². The van der Waals surface area contributed by atoms with Crippen molar-refractivity contribution in [3.05, 3.63) is 77.1 Å². The van der Waals surface area contributed by atoms with Crippen LogP contribution < -0.4 is 10.9 Å². The summed E-state index contributed by atoms with van der Waals surface area (Å²) in [5.74, 6) is -11.3. The Morgan fingerprint density at radius 2 is 1.35 bits per heavy atom. The van der Waals surface area contributed by atoms with Gasteiger partial charge in [0.15, 0.2) is 23.3 Å². The molecule has 0 radical (unpaired) electrons. The van der Waals surface area contributed by atoms with Crippen LogP contribution in [0.4, 0.5) is 27.6 Å². The van der Waals surface area contributed by atoms with E-state index in [1.165, 1.54) is 0 Å². The maximum absolute atomic E-state index is 13.5. The number of anilines is 1. The van der Waals surface area contributed by atoms with Gasteiger partial charge in [0.2, 0.25) is 11.7 Å². The molecule has 0 spiro atoms. The van der Waals surface area contributed by atoms with E-state index in [2.05, 4.69) is 0 Å². The molecule has 1 amide bonds. The number of hydrogen-bond donors (Lipinski definition) is 2. The van der Waals surface area contributed by atoms with E-state index in [0.29, 0.717) is 5.56 Å². The summed E-state index contributed by atoms with van der Waals surface area (Å²) in [6.07, 6.45) is -0.159. The van der Waals surface area contributed by atoms with Gasteiger partial charge in [-0.3, -0.25) is 15.6 Å². The first kappa shape index (κ1) is 17.7. The molecule has 2 N–H and O–H groups in total. The summed E-state index contributed by atoms with van der Waals surface area (Å²) in [6, 6.07) is 12.7. The molecule has 3 aromatic rings. The van der Waals surface area contributed by atoms with E-state index in [0.717, 1.165) is 10.8 Å². The number of benzene rings is 3. The summed E-state index contributed by atoms with van der Waals surface area (Å²) in [4.78, 5) is 11.9. The van der Waals surface area contributed by atoms with Gasteiger partial charge in [0, 0.05) is 0 Å². The van der Waals surface area contributed by atoms with E-state index in [1.54, 1.807) is 23.6 Å². The van der Waals surface area contributed by atoms with Gasteiger partial charge in [-0.15, -0.1) is 0 Å². The highest BCUT2D eigenvalue weighted by molar-refractivity contribution is 5.85. The Morgan fingerprint density at radius 1 is 0.769 bits per heavy atom. The van der Waals surface area contributed by atoms with E-state index < -0.39 is 40.7 Å². The third-order valence-corrected chi connectivity index (χ3v) is 3.72. The first-order chi connectivity index (χ1) is 12.4. The van der Waals surface area contributed by atoms with Crippen LogP contribution >= 0.6 is 0 Å². The van der Waals surface area contributed by atoms with Gasteiger partial charge >= 0.3 is 0 Å². The molecule has 0 fully saturated rings. The molecule has 0 aliphatic carbocycles. The van der Waals surface area contributed by atoms with Crippen LogP contribution in [-0.4, -0.2) is 5.91 Å². The lowest BCUT2D eigenvalue weighted by Crippen LogP contribution is -2.32. The van der Waals surface area contributed by atoms with Gasteiger partial charge in [-0.05, 0) is 16.3 Å². The van der Waals surface area contributed by atoms with Crippen molar-refractivity contribution in [1.82, 2.24) is 5.43 Å². The van der Waals surface area contributed by atoms with Gasteiger partial charge < -0.3 is 0 Å². The second kappa shape index (κ2) is 6.99. The molecule has 0 atom stereocenters. The van der Waals surface area contributed by atoms with Crippen LogP contribution in [0.5, 0.6) is 0 Å². The summed E-state index contributed by atoms with van der Waals surface area (Å²) >= 11 is 0. The first-order valence-corrected chi connectivity index (χ1v) is 7.42. The zero-order chi connectivity index (χ0) is 18.8. The van der Waals surface area contributed by atoms with Gasteiger partial charge in [-0.2, -0.15) is 0 Å². The van der Waals surface area contributed by atoms with Gasteiger partial charge in [-0.25, -0.2) is 22.0 Å². The zero-order valence-corrected chi connectivity index (χ0v) is 13.0. The quantitative estimate of drug-likeness (QED) is 0.314. The smallest absolute Gasteiger partial charge is 0.242 e. The molecule has 3 rings (SSSR count). The van der Waals surface area contributed by atoms with Crippen LogP contribution in [0.1, 0.15) is 5.56 Å². The summed E-state index contributed by atoms with van der Waals surface area (Å²) in [5.41, 5.74) is 2.96. The Labute approximate surface area is 144 Å². The van der Waals surface area contributed by atoms with Gasteiger partial charge in [0.05, 0.1) is 6.42 Å². The minimum Gasteiger partial charge on any atom is -0.293 e. The van der Waals surface area contributed by atoms with Crippen molar-refractivity contribution in [3.8, 4) is 0 Å². The fourth-order valence-electron chi connectivity index (χ4n) is 2.43. The molecule has 3 nitrogen and oxygen atoms in total. The van der Waals surface area contributed by atoms with E-state index in [9.17, 15) is 26.7 Å². The maximum atomic E-state index is 13.5. The molecule has 0 aromatic heterocycles. The number of rotatable bonds is 4. The number of nitrogens with one attached hydrogen (secondary N) is 2. The largest absolute Gasteiger partial charge is 0.293 e. The van der Waals surface area contributed by atoms with Crippen LogP contribution in [0.25, 0.3) is 10.8 Å². The van der Waals surface area contributed by atoms with Crippen LogP contribution in [0, 0.1) is 29.1 Å². The topological polar surface area (TPSA) is 41.1 Å². The molecule has 0 heterocycles. The Morgan fingerprint density at radius 3 is 2.00 bits per heavy atom. The molecular weight excluding hydrogens is 355 g/mol. The van der Waals surface area contributed by atoms with Crippen molar-refractivity contribution >= 4 is 22.4 Å². The van der Waals surface area contributed by atoms with Crippen molar-refractivity contribution in [2.45, 2.75) is 6.42 Å². The monoisotopic (exact) mass is 366 g/mol. The first-order valence-electron chi connectivity index (χ1n) is 7.42. The average molecular weight is 366 g/mol. The minimum atomic E-state index is -2.27. The highest BCUT2D eigenvalue weighted by Gasteiger charge is 2.26. The molecule has 0 saturated heterocycles. The Bertz CT molecular complexity index is 977. The van der Waals surface area contributed by atoms with Gasteiger partial charge in [0.1, 0.15) is 5.69 Å². The number of amides is 1. The summed E-state index contributed by atoms with van der Waals surface area (Å²) in [6.45, 7) is 0. The fourth-order valence-corrected chi connectivity index (χ4v) is 2.43. The third kappa shape index (κ3) is 3.30. The lowest BCUT2D eigenvalue weighted by Gasteiger charge is -2.12. The highest BCUT2D eigenvalue weighted by atomic mass is 19.2. The molecule has 3 aromatic carbocycles. The molecule has 134 valence electrons. The summed E-state index contributed by atoms with van der Waals surface area (Å²) in [7, 11) is 0. The van der Waals surface area contributed by atoms with Gasteiger partial charge in [-0.1, -0.05) is 42.5 Å². The van der Waals surface area contributed by atoms with Crippen molar-refractivity contribution in [2.75, 3.05) is 5.43 Å². The number of carbonyl (C=O) groups is 1. The SMILES string of the molecule is O=C(Cc1ccc2ccccc2c1)NNc1c(F)c(F)c(F)c(F)c1F. The normalized spacial score (nSPS) is 10.8. The number of fused-ring (bicyclic) bond motifs is 1. The standard InChI is InChI=1S/C18H11F5N2O/c19-13-14(20)16(22)18(17(23)15(13)21)25-24-12(26)8-9-5-6-10-3-1-2-4-11(10)7-9/h1-7,25H,8H2,(H,24,26). The number of halogens is 5. The van der Waals surface area contributed by atoms with Crippen molar-refractivity contribution < 1.29 is 26.7 Å². The van der Waals surface area contributed by atoms with E-state index in [4.69, 9.17) is 0 Å². The van der Waals surface area contributed by atoms with Crippen LogP contribution in [0.3, 0.4) is 0 Å². The van der Waals surface area contributed by atoms with E-state index in [1.807, 2.05) is 29.7 Å². The Hall–Kier alpha value is -3.16. The zero-order valence-electron chi connectivity index (χ0n) is 13.0. The molecule has 0 aliphatic heterocycles. The second-order valence-corrected chi connectivity index (χ2v) is 5.48. The Balaban J connectivity index is 1.73. The highest BCUT2D eigenvalue weighted by Crippen LogP contribution is 2.26. The lowest BCUT2D eigenvalue weighted by molar-refractivity contribution is -0.119. The number of carbonyl (C=O) groups excluding carboxylic acids is 1. The lowest BCUT2D eigenvalue weighted by atomic mass is 10.1. The molecule has 0 unspecified atom stereocenters. The number of hydrogen-bond acceptors (Lipinski definition) is 2. The molecule has 8 heteroatoms. The molecule has 0 saturated carbocycles. The fraction of sp³-hybridized carbons (Fsp3) is 0.0556. The minimum absolute atomic E-state index is 0.159. The van der Waals surface area contributed by atoms with Gasteiger partial charge in [0.25, 0.3) is 0 Å². The predicted molar refractivity (Wildman–Crippen MR) is 85.6 cm³/mol. The van der Waals surface area contributed by atoms with Crippen molar-refractivity contribution in [1.29, 1.82) is 0 Å². The summed E-state index contributed by atoms with van der Waals surface area (Å²) < 4.78 is 66.2. The summed E-state index contributed by atoms with van der Waals surface area (Å²) in [5, 5.41) is 1.86. The Kier molecular flexibility index (Phi) is 4.75. The molecule has 0 aliphatic rings. The van der Waals surface area contributed by atoms with Crippen LogP contribution in [0.2, 0.25) is 0 Å². The van der Waals surface area contributed by atoms with E-state index >= 15 is 0 Å². The molecule has 26 heavy (non-hydrogen) atoms.